The average molecular weight is 332 g/mol. The summed E-state index contributed by atoms with van der Waals surface area (Å²) in [5.41, 5.74) is 2.96. The van der Waals surface area contributed by atoms with Gasteiger partial charge in [0.25, 0.3) is 0 Å². The van der Waals surface area contributed by atoms with Gasteiger partial charge in [0.15, 0.2) is 0 Å². The summed E-state index contributed by atoms with van der Waals surface area (Å²) in [5.74, 6) is 0.00359. The number of nitrogens with zero attached hydrogens (tertiary/aromatic N) is 1. The molecular formula is C18H24N2O2S. The smallest absolute Gasteiger partial charge is 0.215 e. The molecular weight excluding hydrogens is 308 g/mol. The molecule has 0 saturated heterocycles. The van der Waals surface area contributed by atoms with Crippen molar-refractivity contribution in [2.75, 3.05) is 20.6 Å². The van der Waals surface area contributed by atoms with Gasteiger partial charge in [0.05, 0.1) is 5.75 Å². The molecule has 2 aromatic carbocycles. The molecule has 0 aliphatic rings. The van der Waals surface area contributed by atoms with Gasteiger partial charge in [-0.3, -0.25) is 0 Å². The van der Waals surface area contributed by atoms with Crippen LogP contribution in [0, 0.1) is 6.92 Å². The van der Waals surface area contributed by atoms with Gasteiger partial charge in [-0.05, 0) is 32.1 Å². The van der Waals surface area contributed by atoms with Crippen molar-refractivity contribution in [2.45, 2.75) is 18.7 Å². The number of hydrogen-bond acceptors (Lipinski definition) is 3. The Morgan fingerprint density at radius 2 is 1.74 bits per heavy atom. The van der Waals surface area contributed by atoms with Crippen LogP contribution < -0.4 is 4.72 Å². The van der Waals surface area contributed by atoms with E-state index in [1.54, 1.807) is 0 Å². The Labute approximate surface area is 139 Å². The van der Waals surface area contributed by atoms with E-state index in [0.717, 1.165) is 16.7 Å². The molecule has 2 aromatic rings. The molecule has 1 unspecified atom stereocenters. The van der Waals surface area contributed by atoms with Crippen LogP contribution in [0.15, 0.2) is 54.6 Å². The predicted octanol–water partition coefficient (Wildman–Crippen LogP) is 2.72. The SMILES string of the molecule is Cc1cccc(CS(=O)(=O)NCC(c2ccccc2)N(C)C)c1. The first-order valence-corrected chi connectivity index (χ1v) is 9.27. The standard InChI is InChI=1S/C18H24N2O2S/c1-15-8-7-9-16(12-15)14-23(21,22)19-13-18(20(2)3)17-10-5-4-6-11-17/h4-12,18-19H,13-14H2,1-3H3. The third-order valence-corrected chi connectivity index (χ3v) is 5.06. The molecule has 0 fully saturated rings. The molecule has 0 radical (unpaired) electrons. The lowest BCUT2D eigenvalue weighted by molar-refractivity contribution is 0.299. The highest BCUT2D eigenvalue weighted by Gasteiger charge is 2.18. The van der Waals surface area contributed by atoms with E-state index in [-0.39, 0.29) is 11.8 Å². The molecule has 0 aliphatic carbocycles. The molecule has 2 rings (SSSR count). The van der Waals surface area contributed by atoms with Gasteiger partial charge in [-0.1, -0.05) is 60.2 Å². The summed E-state index contributed by atoms with van der Waals surface area (Å²) < 4.78 is 27.4. The van der Waals surface area contributed by atoms with Gasteiger partial charge in [0.1, 0.15) is 0 Å². The van der Waals surface area contributed by atoms with Gasteiger partial charge in [0, 0.05) is 12.6 Å². The maximum Gasteiger partial charge on any atom is 0.215 e. The molecule has 0 aromatic heterocycles. The summed E-state index contributed by atoms with van der Waals surface area (Å²) in [6.45, 7) is 2.31. The Morgan fingerprint density at radius 3 is 2.35 bits per heavy atom. The Balaban J connectivity index is 2.05. The van der Waals surface area contributed by atoms with Crippen molar-refractivity contribution in [3.63, 3.8) is 0 Å². The zero-order valence-electron chi connectivity index (χ0n) is 13.9. The van der Waals surface area contributed by atoms with Crippen LogP contribution in [-0.4, -0.2) is 34.0 Å². The Bertz CT molecular complexity index is 728. The summed E-state index contributed by atoms with van der Waals surface area (Å²) in [6, 6.07) is 17.5. The highest BCUT2D eigenvalue weighted by atomic mass is 32.2. The molecule has 1 N–H and O–H groups in total. The largest absolute Gasteiger partial charge is 0.301 e. The van der Waals surface area contributed by atoms with Crippen molar-refractivity contribution in [2.24, 2.45) is 0 Å². The highest BCUT2D eigenvalue weighted by molar-refractivity contribution is 7.88. The highest BCUT2D eigenvalue weighted by Crippen LogP contribution is 2.17. The van der Waals surface area contributed by atoms with Gasteiger partial charge >= 0.3 is 0 Å². The van der Waals surface area contributed by atoms with E-state index in [1.165, 1.54) is 0 Å². The van der Waals surface area contributed by atoms with Gasteiger partial charge in [-0.2, -0.15) is 0 Å². The van der Waals surface area contributed by atoms with Crippen LogP contribution in [0.5, 0.6) is 0 Å². The van der Waals surface area contributed by atoms with Crippen molar-refractivity contribution < 1.29 is 8.42 Å². The molecule has 0 saturated carbocycles. The number of nitrogens with one attached hydrogen (secondary N) is 1. The Morgan fingerprint density at radius 1 is 1.04 bits per heavy atom. The van der Waals surface area contributed by atoms with Crippen LogP contribution in [0.2, 0.25) is 0 Å². The minimum Gasteiger partial charge on any atom is -0.301 e. The van der Waals surface area contributed by atoms with Gasteiger partial charge in [-0.25, -0.2) is 13.1 Å². The fraction of sp³-hybridized carbons (Fsp3) is 0.333. The lowest BCUT2D eigenvalue weighted by Gasteiger charge is -2.25. The van der Waals surface area contributed by atoms with E-state index >= 15 is 0 Å². The summed E-state index contributed by atoms with van der Waals surface area (Å²) >= 11 is 0. The van der Waals surface area contributed by atoms with Crippen molar-refractivity contribution in [1.82, 2.24) is 9.62 Å². The zero-order chi connectivity index (χ0) is 16.9. The molecule has 0 bridgehead atoms. The lowest BCUT2D eigenvalue weighted by atomic mass is 10.1. The van der Waals surface area contributed by atoms with E-state index in [1.807, 2.05) is 80.5 Å². The summed E-state index contributed by atoms with van der Waals surface area (Å²) in [7, 11) is 0.537. The summed E-state index contributed by atoms with van der Waals surface area (Å²) in [5, 5.41) is 0. The second-order valence-electron chi connectivity index (χ2n) is 5.99. The van der Waals surface area contributed by atoms with Crippen LogP contribution in [0.3, 0.4) is 0 Å². The van der Waals surface area contributed by atoms with E-state index in [9.17, 15) is 8.42 Å². The van der Waals surface area contributed by atoms with Gasteiger partial charge in [-0.15, -0.1) is 0 Å². The first-order valence-electron chi connectivity index (χ1n) is 7.61. The lowest BCUT2D eigenvalue weighted by Crippen LogP contribution is -2.35. The van der Waals surface area contributed by atoms with Crippen LogP contribution in [0.25, 0.3) is 0 Å². The van der Waals surface area contributed by atoms with Crippen molar-refractivity contribution in [3.8, 4) is 0 Å². The van der Waals surface area contributed by atoms with Crippen molar-refractivity contribution in [3.05, 3.63) is 71.3 Å². The minimum atomic E-state index is -3.36. The Hall–Kier alpha value is -1.69. The minimum absolute atomic E-state index is 0.00323. The fourth-order valence-electron chi connectivity index (χ4n) is 2.55. The number of benzene rings is 2. The van der Waals surface area contributed by atoms with Crippen LogP contribution in [0.1, 0.15) is 22.7 Å². The van der Waals surface area contributed by atoms with E-state index < -0.39 is 10.0 Å². The second-order valence-corrected chi connectivity index (χ2v) is 7.79. The zero-order valence-corrected chi connectivity index (χ0v) is 14.7. The molecule has 0 aliphatic heterocycles. The molecule has 1 atom stereocenters. The molecule has 0 heterocycles. The number of hydrogen-bond donors (Lipinski definition) is 1. The second kappa shape index (κ2) is 7.73. The van der Waals surface area contributed by atoms with Crippen molar-refractivity contribution in [1.29, 1.82) is 0 Å². The van der Waals surface area contributed by atoms with Gasteiger partial charge in [0.2, 0.25) is 10.0 Å². The number of aryl methyl sites for hydroxylation is 1. The third-order valence-electron chi connectivity index (χ3n) is 3.74. The summed E-state index contributed by atoms with van der Waals surface area (Å²) in [6.07, 6.45) is 0. The van der Waals surface area contributed by atoms with Crippen LogP contribution in [0.4, 0.5) is 0 Å². The maximum absolute atomic E-state index is 12.3. The van der Waals surface area contributed by atoms with Crippen LogP contribution >= 0.6 is 0 Å². The predicted molar refractivity (Wildman–Crippen MR) is 94.7 cm³/mol. The Kier molecular flexibility index (Phi) is 5.93. The molecule has 0 spiro atoms. The number of likely N-dealkylation sites (N-methyl/N-ethyl adjacent to an activating group) is 1. The first-order chi connectivity index (χ1) is 10.9. The monoisotopic (exact) mass is 332 g/mol. The quantitative estimate of drug-likeness (QED) is 0.848. The maximum atomic E-state index is 12.3. The first kappa shape index (κ1) is 17.7. The molecule has 4 nitrogen and oxygen atoms in total. The number of sulfonamides is 1. The normalized spacial score (nSPS) is 13.2. The molecule has 0 amide bonds. The fourth-order valence-corrected chi connectivity index (χ4v) is 3.68. The molecule has 5 heteroatoms. The molecule has 124 valence electrons. The third kappa shape index (κ3) is 5.46. The topological polar surface area (TPSA) is 49.4 Å². The number of rotatable bonds is 7. The van der Waals surface area contributed by atoms with E-state index in [0.29, 0.717) is 6.54 Å². The van der Waals surface area contributed by atoms with Gasteiger partial charge < -0.3 is 4.90 Å². The van der Waals surface area contributed by atoms with E-state index in [4.69, 9.17) is 0 Å². The average Bonchev–Trinajstić information content (AvgIpc) is 2.47. The summed E-state index contributed by atoms with van der Waals surface area (Å²) in [4.78, 5) is 2.02. The molecule has 23 heavy (non-hydrogen) atoms. The van der Waals surface area contributed by atoms with Crippen molar-refractivity contribution >= 4 is 10.0 Å². The van der Waals surface area contributed by atoms with Crippen LogP contribution in [-0.2, 0) is 15.8 Å². The van der Waals surface area contributed by atoms with E-state index in [2.05, 4.69) is 4.72 Å².